The molecule has 6 aromatic rings. The van der Waals surface area contributed by atoms with Gasteiger partial charge in [-0.2, -0.15) is 0 Å². The summed E-state index contributed by atoms with van der Waals surface area (Å²) in [6.45, 7) is 4.56. The van der Waals surface area contributed by atoms with Crippen LogP contribution in [0.15, 0.2) is 88.7 Å². The molecule has 13 heteroatoms. The van der Waals surface area contributed by atoms with Gasteiger partial charge in [-0.05, 0) is 91.8 Å². The number of carbonyl (C=O) groups is 1. The zero-order valence-corrected chi connectivity index (χ0v) is 28.8. The Bertz CT molecular complexity index is 2450. The number of aromatic nitrogens is 5. The van der Waals surface area contributed by atoms with Crippen molar-refractivity contribution in [3.63, 3.8) is 0 Å². The molecular weight excluding hydrogens is 663 g/mol. The molecule has 1 amide bonds. The third-order valence-electron chi connectivity index (χ3n) is 10.3. The molecule has 1 saturated heterocycles. The number of rotatable bonds is 8. The molecule has 8 rings (SSSR count). The van der Waals surface area contributed by atoms with Crippen molar-refractivity contribution < 1.29 is 14.3 Å². The zero-order chi connectivity index (χ0) is 35.9. The molecule has 0 spiro atoms. The van der Waals surface area contributed by atoms with Crippen molar-refractivity contribution in [2.75, 3.05) is 19.6 Å². The first-order valence-corrected chi connectivity index (χ1v) is 17.6. The van der Waals surface area contributed by atoms with Crippen LogP contribution in [0.1, 0.15) is 48.7 Å². The summed E-state index contributed by atoms with van der Waals surface area (Å²) in [5.74, 6) is -0.611. The summed E-state index contributed by atoms with van der Waals surface area (Å²) in [5, 5.41) is 16.8. The normalized spacial score (nSPS) is 18.2. The number of nitrogens with zero attached hydrogens (tertiary/aromatic N) is 6. The van der Waals surface area contributed by atoms with Crippen LogP contribution in [0.25, 0.3) is 33.5 Å². The average molecular weight is 703 g/mol. The highest BCUT2D eigenvalue weighted by atomic mass is 19.1. The molecule has 52 heavy (non-hydrogen) atoms. The van der Waals surface area contributed by atoms with Crippen molar-refractivity contribution >= 4 is 22.6 Å². The fourth-order valence-corrected chi connectivity index (χ4v) is 7.68. The van der Waals surface area contributed by atoms with Crippen LogP contribution in [0.4, 0.5) is 4.39 Å². The second-order valence-corrected chi connectivity index (χ2v) is 13.8. The molecule has 2 fully saturated rings. The molecule has 0 atom stereocenters. The summed E-state index contributed by atoms with van der Waals surface area (Å²) < 4.78 is 19.4. The Balaban J connectivity index is 1.09. The number of phenolic OH excluding ortho intramolecular Hbond substituents is 1. The maximum absolute atomic E-state index is 14.6. The lowest BCUT2D eigenvalue weighted by molar-refractivity contribution is -0.124. The van der Waals surface area contributed by atoms with Crippen LogP contribution in [-0.2, 0) is 17.9 Å². The molecule has 3 N–H and O–H groups in total. The number of amides is 1. The van der Waals surface area contributed by atoms with E-state index in [1.54, 1.807) is 18.2 Å². The van der Waals surface area contributed by atoms with Crippen LogP contribution in [-0.4, -0.2) is 65.1 Å². The van der Waals surface area contributed by atoms with Gasteiger partial charge in [0.2, 0.25) is 5.91 Å². The van der Waals surface area contributed by atoms with E-state index in [0.29, 0.717) is 44.7 Å². The molecule has 5 heterocycles. The lowest BCUT2D eigenvalue weighted by Crippen LogP contribution is -2.47. The molecule has 2 aromatic carbocycles. The van der Waals surface area contributed by atoms with Gasteiger partial charge in [-0.25, -0.2) is 23.7 Å². The Labute approximate surface area is 298 Å². The molecule has 1 aliphatic heterocycles. The molecule has 1 aliphatic carbocycles. The zero-order valence-electron chi connectivity index (χ0n) is 28.8. The van der Waals surface area contributed by atoms with E-state index in [2.05, 4.69) is 20.0 Å². The Kier molecular flexibility index (Phi) is 8.89. The van der Waals surface area contributed by atoms with Crippen molar-refractivity contribution in [1.82, 2.24) is 39.0 Å². The van der Waals surface area contributed by atoms with Gasteiger partial charge in [-0.15, -0.1) is 0 Å². The minimum absolute atomic E-state index is 0.0288. The highest BCUT2D eigenvalue weighted by Gasteiger charge is 2.28. The van der Waals surface area contributed by atoms with Crippen LogP contribution in [0.3, 0.4) is 0 Å². The predicted molar refractivity (Wildman–Crippen MR) is 195 cm³/mol. The monoisotopic (exact) mass is 702 g/mol. The van der Waals surface area contributed by atoms with E-state index in [0.717, 1.165) is 58.8 Å². The number of aromatic hydroxyl groups is 1. The first-order valence-electron chi connectivity index (χ1n) is 17.6. The first kappa shape index (κ1) is 33.5. The largest absolute Gasteiger partial charge is 0.508 e. The molecule has 12 nitrogen and oxygen atoms in total. The third kappa shape index (κ3) is 6.48. The summed E-state index contributed by atoms with van der Waals surface area (Å²) in [6.07, 6.45) is 5.74. The van der Waals surface area contributed by atoms with E-state index in [9.17, 15) is 23.9 Å². The molecule has 0 radical (unpaired) electrons. The number of carbonyl (C=O) groups excluding carboxylic acids is 1. The molecule has 266 valence electrons. The summed E-state index contributed by atoms with van der Waals surface area (Å²) in [4.78, 5) is 51.4. The second kappa shape index (κ2) is 13.8. The van der Waals surface area contributed by atoms with E-state index >= 15 is 0 Å². The Morgan fingerprint density at radius 2 is 1.83 bits per heavy atom. The number of nitrogens with one attached hydrogen (secondary N) is 2. The van der Waals surface area contributed by atoms with E-state index in [4.69, 9.17) is 4.98 Å². The van der Waals surface area contributed by atoms with Crippen molar-refractivity contribution in [2.45, 2.75) is 57.8 Å². The van der Waals surface area contributed by atoms with Crippen LogP contribution in [0.5, 0.6) is 5.75 Å². The Morgan fingerprint density at radius 1 is 1.00 bits per heavy atom. The van der Waals surface area contributed by atoms with Crippen molar-refractivity contribution in [2.24, 2.45) is 0 Å². The lowest BCUT2D eigenvalue weighted by atomic mass is 9.91. The van der Waals surface area contributed by atoms with E-state index < -0.39 is 17.1 Å². The second-order valence-electron chi connectivity index (χ2n) is 13.8. The number of benzene rings is 2. The first-order chi connectivity index (χ1) is 25.2. The van der Waals surface area contributed by atoms with Crippen LogP contribution in [0, 0.1) is 12.7 Å². The summed E-state index contributed by atoms with van der Waals surface area (Å²) in [5.41, 5.74) is 4.82. The maximum Gasteiger partial charge on any atom is 0.337 e. The molecule has 0 bridgehead atoms. The topological polar surface area (TPSA) is 139 Å². The van der Waals surface area contributed by atoms with Gasteiger partial charge in [0.1, 0.15) is 17.2 Å². The minimum atomic E-state index is -0.662. The number of pyridine rings is 2. The van der Waals surface area contributed by atoms with E-state index in [-0.39, 0.29) is 41.3 Å². The molecule has 2 aliphatic rings. The smallest absolute Gasteiger partial charge is 0.337 e. The Morgan fingerprint density at radius 3 is 2.63 bits per heavy atom. The van der Waals surface area contributed by atoms with E-state index in [1.807, 2.05) is 60.5 Å². The van der Waals surface area contributed by atoms with Gasteiger partial charge < -0.3 is 20.1 Å². The number of hydrogen-bond donors (Lipinski definition) is 3. The van der Waals surface area contributed by atoms with Gasteiger partial charge in [-0.3, -0.25) is 19.1 Å². The lowest BCUT2D eigenvalue weighted by Gasteiger charge is -2.30. The number of hydrogen-bond acceptors (Lipinski definition) is 8. The summed E-state index contributed by atoms with van der Waals surface area (Å²) in [6, 6.07) is 19.4. The van der Waals surface area contributed by atoms with Crippen molar-refractivity contribution in [3.05, 3.63) is 123 Å². The van der Waals surface area contributed by atoms with Crippen molar-refractivity contribution in [1.29, 1.82) is 0 Å². The minimum Gasteiger partial charge on any atom is -0.508 e. The number of piperazine rings is 1. The van der Waals surface area contributed by atoms with Gasteiger partial charge >= 0.3 is 5.69 Å². The predicted octanol–water partition coefficient (Wildman–Crippen LogP) is 4.22. The maximum atomic E-state index is 14.6. The van der Waals surface area contributed by atoms with Gasteiger partial charge in [-0.1, -0.05) is 24.3 Å². The van der Waals surface area contributed by atoms with Gasteiger partial charge in [0, 0.05) is 50.2 Å². The number of imidazole rings is 1. The number of aryl methyl sites for hydroxylation is 1. The quantitative estimate of drug-likeness (QED) is 0.215. The molecule has 4 aromatic heterocycles. The number of phenols is 1. The number of fused-ring (bicyclic) bond motifs is 2. The number of halogens is 1. The van der Waals surface area contributed by atoms with Crippen molar-refractivity contribution in [3.8, 4) is 22.6 Å². The van der Waals surface area contributed by atoms with E-state index in [1.165, 1.54) is 9.13 Å². The fraction of sp³-hybridized carbons (Fsp3) is 0.308. The fourth-order valence-electron chi connectivity index (χ4n) is 7.68. The van der Waals surface area contributed by atoms with Crippen LogP contribution < -0.4 is 21.9 Å². The SMILES string of the molecule is Cc1cccc2nc(CNC3CCC(n4c(=O)c5cc(F)cnc5n(-c5cccc(-c6ccc(O)cc6CN6CCNC(=O)C6)c5)c4=O)CC3)cn12. The summed E-state index contributed by atoms with van der Waals surface area (Å²) in [7, 11) is 0. The summed E-state index contributed by atoms with van der Waals surface area (Å²) >= 11 is 0. The molecular formula is C39H39FN8O4. The highest BCUT2D eigenvalue weighted by molar-refractivity contribution is 5.79. The van der Waals surface area contributed by atoms with Crippen LogP contribution >= 0.6 is 0 Å². The average Bonchev–Trinajstić information content (AvgIpc) is 3.57. The standard InChI is InChI=1S/C39H39FN8O4/c1-24-4-2-7-35-44-29(22-46(24)35)20-42-28-8-10-30(11-9-28)48-38(51)34-18-27(40)19-43-37(34)47(39(48)52)31-6-3-5-25(16-31)33-13-12-32(49)17-26(33)21-45-15-14-41-36(50)23-45/h2-7,12-13,16-19,22,28,30,42,49H,8-11,14-15,20-21,23H2,1H3,(H,41,50). The third-order valence-corrected chi connectivity index (χ3v) is 10.3. The highest BCUT2D eigenvalue weighted by Crippen LogP contribution is 2.31. The van der Waals surface area contributed by atoms with Gasteiger partial charge in [0.15, 0.2) is 5.65 Å². The molecule has 1 saturated carbocycles. The van der Waals surface area contributed by atoms with Gasteiger partial charge in [0.25, 0.3) is 5.56 Å². The molecule has 0 unspecified atom stereocenters. The van der Waals surface area contributed by atoms with Crippen LogP contribution in [0.2, 0.25) is 0 Å². The Hall–Kier alpha value is -5.66. The van der Waals surface area contributed by atoms with Gasteiger partial charge in [0.05, 0.1) is 29.5 Å².